The van der Waals surface area contributed by atoms with Crippen LogP contribution in [0.3, 0.4) is 0 Å². The van der Waals surface area contributed by atoms with E-state index in [9.17, 15) is 4.79 Å². The Balaban J connectivity index is 1.07. The summed E-state index contributed by atoms with van der Waals surface area (Å²) < 4.78 is 5.84. The van der Waals surface area contributed by atoms with Crippen molar-refractivity contribution < 1.29 is 4.74 Å². The van der Waals surface area contributed by atoms with Gasteiger partial charge in [-0.1, -0.05) is 36.4 Å². The number of anilines is 1. The number of H-pyrrole nitrogens is 1. The number of aromatic nitrogens is 2. The second kappa shape index (κ2) is 9.63. The van der Waals surface area contributed by atoms with Crippen LogP contribution in [0.5, 0.6) is 5.88 Å². The number of hydrogen-bond acceptors (Lipinski definition) is 5. The van der Waals surface area contributed by atoms with Gasteiger partial charge in [0.1, 0.15) is 5.65 Å². The maximum absolute atomic E-state index is 11.7. The molecule has 1 fully saturated rings. The van der Waals surface area contributed by atoms with E-state index < -0.39 is 0 Å². The third-order valence-corrected chi connectivity index (χ3v) is 6.48. The summed E-state index contributed by atoms with van der Waals surface area (Å²) >= 11 is 0. The summed E-state index contributed by atoms with van der Waals surface area (Å²) in [5.41, 5.74) is 2.72. The van der Waals surface area contributed by atoms with Gasteiger partial charge in [-0.05, 0) is 49.4 Å². The molecule has 1 aliphatic rings. The summed E-state index contributed by atoms with van der Waals surface area (Å²) in [4.78, 5) is 24.0. The van der Waals surface area contributed by atoms with Gasteiger partial charge in [-0.3, -0.25) is 9.69 Å². The molecule has 0 atom stereocenters. The number of hydrogen-bond donors (Lipinski definition) is 1. The zero-order valence-electron chi connectivity index (χ0n) is 19.1. The molecule has 6 nitrogen and oxygen atoms in total. The van der Waals surface area contributed by atoms with Gasteiger partial charge in [0.2, 0.25) is 11.4 Å². The average Bonchev–Trinajstić information content (AvgIpc) is 2.83. The molecule has 0 radical (unpaired) electrons. The van der Waals surface area contributed by atoms with E-state index in [2.05, 4.69) is 62.2 Å². The minimum atomic E-state index is -0.134. The molecule has 0 amide bonds. The zero-order valence-corrected chi connectivity index (χ0v) is 19.1. The Hall–Kier alpha value is -3.38. The van der Waals surface area contributed by atoms with Crippen LogP contribution in [0.25, 0.3) is 21.8 Å². The van der Waals surface area contributed by atoms with E-state index in [1.807, 2.05) is 19.1 Å². The molecule has 5 rings (SSSR count). The average molecular weight is 443 g/mol. The molecular weight excluding hydrogens is 412 g/mol. The van der Waals surface area contributed by atoms with E-state index in [1.165, 1.54) is 16.5 Å². The molecule has 3 heterocycles. The number of pyridine rings is 2. The van der Waals surface area contributed by atoms with Gasteiger partial charge in [0.05, 0.1) is 6.61 Å². The van der Waals surface area contributed by atoms with Gasteiger partial charge >= 0.3 is 0 Å². The number of ether oxygens (including phenoxy) is 1. The first-order valence-corrected chi connectivity index (χ1v) is 11.8. The summed E-state index contributed by atoms with van der Waals surface area (Å²) in [5, 5.41) is 3.59. The van der Waals surface area contributed by atoms with Crippen LogP contribution in [-0.2, 0) is 0 Å². The number of unbranched alkanes of at least 4 members (excludes halogenated alkanes) is 1. The molecular formula is C27H30N4O2. The molecule has 4 aromatic rings. The van der Waals surface area contributed by atoms with Gasteiger partial charge in [0.25, 0.3) is 0 Å². The number of nitrogens with one attached hydrogen (secondary N) is 1. The first-order chi connectivity index (χ1) is 16.2. The Morgan fingerprint density at radius 2 is 1.76 bits per heavy atom. The lowest BCUT2D eigenvalue weighted by Crippen LogP contribution is -2.46. The number of aryl methyl sites for hydroxylation is 1. The molecule has 1 saturated heterocycles. The monoisotopic (exact) mass is 442 g/mol. The van der Waals surface area contributed by atoms with E-state index >= 15 is 0 Å². The highest BCUT2D eigenvalue weighted by molar-refractivity contribution is 5.94. The van der Waals surface area contributed by atoms with Crippen molar-refractivity contribution >= 4 is 27.5 Å². The number of fused-ring (bicyclic) bond motifs is 2. The molecule has 33 heavy (non-hydrogen) atoms. The Morgan fingerprint density at radius 1 is 0.939 bits per heavy atom. The molecule has 0 bridgehead atoms. The third-order valence-electron chi connectivity index (χ3n) is 6.48. The van der Waals surface area contributed by atoms with E-state index in [1.54, 1.807) is 6.07 Å². The summed E-state index contributed by atoms with van der Waals surface area (Å²) in [6.07, 6.45) is 2.07. The fourth-order valence-corrected chi connectivity index (χ4v) is 4.67. The molecule has 0 aliphatic carbocycles. The number of rotatable bonds is 7. The summed E-state index contributed by atoms with van der Waals surface area (Å²) in [5.74, 6) is 0.562. The summed E-state index contributed by atoms with van der Waals surface area (Å²) in [6.45, 7) is 7.93. The maximum atomic E-state index is 11.7. The van der Waals surface area contributed by atoms with E-state index in [-0.39, 0.29) is 5.56 Å². The third kappa shape index (κ3) is 4.86. The first-order valence-electron chi connectivity index (χ1n) is 11.8. The zero-order chi connectivity index (χ0) is 22.6. The van der Waals surface area contributed by atoms with Crippen LogP contribution in [0.15, 0.2) is 65.5 Å². The molecule has 6 heteroatoms. The van der Waals surface area contributed by atoms with Crippen molar-refractivity contribution in [2.45, 2.75) is 19.8 Å². The highest BCUT2D eigenvalue weighted by Crippen LogP contribution is 2.27. The lowest BCUT2D eigenvalue weighted by molar-refractivity contribution is 0.237. The van der Waals surface area contributed by atoms with Crippen LogP contribution in [0.4, 0.5) is 5.69 Å². The number of benzene rings is 2. The highest BCUT2D eigenvalue weighted by atomic mass is 16.5. The lowest BCUT2D eigenvalue weighted by atomic mass is 10.1. The van der Waals surface area contributed by atoms with Crippen LogP contribution in [0, 0.1) is 6.92 Å². The van der Waals surface area contributed by atoms with Crippen molar-refractivity contribution in [3.8, 4) is 5.88 Å². The second-order valence-corrected chi connectivity index (χ2v) is 8.74. The van der Waals surface area contributed by atoms with Crippen molar-refractivity contribution in [2.75, 3.05) is 44.2 Å². The molecule has 0 spiro atoms. The minimum absolute atomic E-state index is 0.134. The molecule has 2 aromatic carbocycles. The van der Waals surface area contributed by atoms with Crippen molar-refractivity contribution in [1.29, 1.82) is 0 Å². The Morgan fingerprint density at radius 3 is 2.64 bits per heavy atom. The predicted octanol–water partition coefficient (Wildman–Crippen LogP) is 4.37. The fraction of sp³-hybridized carbons (Fsp3) is 0.333. The van der Waals surface area contributed by atoms with E-state index in [0.717, 1.165) is 56.5 Å². The SMILES string of the molecule is Cc1cc(=O)[nH]c2nc(OCCCCN3CCN(c4cccc5ccccc45)CC3)ccc12. The van der Waals surface area contributed by atoms with Crippen LogP contribution < -0.4 is 15.2 Å². The molecule has 1 aliphatic heterocycles. The van der Waals surface area contributed by atoms with Crippen LogP contribution in [0.2, 0.25) is 0 Å². The Labute approximate surface area is 193 Å². The minimum Gasteiger partial charge on any atom is -0.478 e. The molecule has 2 aromatic heterocycles. The van der Waals surface area contributed by atoms with Crippen molar-refractivity contribution in [3.05, 3.63) is 76.6 Å². The number of aromatic amines is 1. The van der Waals surface area contributed by atoms with Gasteiger partial charge in [-0.2, -0.15) is 4.98 Å². The largest absolute Gasteiger partial charge is 0.478 e. The fourth-order valence-electron chi connectivity index (χ4n) is 4.67. The van der Waals surface area contributed by atoms with Gasteiger partial charge in [-0.25, -0.2) is 0 Å². The van der Waals surface area contributed by atoms with E-state index in [4.69, 9.17) is 4.74 Å². The van der Waals surface area contributed by atoms with Crippen LogP contribution in [0.1, 0.15) is 18.4 Å². The van der Waals surface area contributed by atoms with Crippen molar-refractivity contribution in [2.24, 2.45) is 0 Å². The lowest BCUT2D eigenvalue weighted by Gasteiger charge is -2.36. The van der Waals surface area contributed by atoms with Gasteiger partial charge in [0, 0.05) is 54.8 Å². The maximum Gasteiger partial charge on any atom is 0.249 e. The Bertz CT molecular complexity index is 1300. The van der Waals surface area contributed by atoms with Gasteiger partial charge in [0.15, 0.2) is 0 Å². The van der Waals surface area contributed by atoms with Crippen LogP contribution in [-0.4, -0.2) is 54.2 Å². The summed E-state index contributed by atoms with van der Waals surface area (Å²) in [6, 6.07) is 20.6. The quantitative estimate of drug-likeness (QED) is 0.431. The molecule has 0 saturated carbocycles. The second-order valence-electron chi connectivity index (χ2n) is 8.74. The normalized spacial score (nSPS) is 14.8. The predicted molar refractivity (Wildman–Crippen MR) is 134 cm³/mol. The summed E-state index contributed by atoms with van der Waals surface area (Å²) in [7, 11) is 0. The highest BCUT2D eigenvalue weighted by Gasteiger charge is 2.18. The standard InChI is InChI=1S/C27H30N4O2/c1-20-19-25(32)28-27-22(20)11-12-26(29-27)33-18-5-4-13-30-14-16-31(17-15-30)24-10-6-8-21-7-2-3-9-23(21)24/h2-3,6-12,19H,4-5,13-18H2,1H3,(H,28,29,32). The number of piperazine rings is 1. The van der Waals surface area contributed by atoms with Crippen molar-refractivity contribution in [3.63, 3.8) is 0 Å². The van der Waals surface area contributed by atoms with Crippen molar-refractivity contribution in [1.82, 2.24) is 14.9 Å². The van der Waals surface area contributed by atoms with E-state index in [0.29, 0.717) is 18.1 Å². The topological polar surface area (TPSA) is 61.5 Å². The number of nitrogens with zero attached hydrogens (tertiary/aromatic N) is 3. The first kappa shape index (κ1) is 21.5. The van der Waals surface area contributed by atoms with Gasteiger partial charge in [-0.15, -0.1) is 0 Å². The smallest absolute Gasteiger partial charge is 0.249 e. The Kier molecular flexibility index (Phi) is 6.26. The molecule has 170 valence electrons. The van der Waals surface area contributed by atoms with Crippen LogP contribution >= 0.6 is 0 Å². The van der Waals surface area contributed by atoms with Gasteiger partial charge < -0.3 is 14.6 Å². The molecule has 0 unspecified atom stereocenters. The molecule has 1 N–H and O–H groups in total.